The second kappa shape index (κ2) is 3.99. The Bertz CT molecular complexity index is 509. The minimum Gasteiger partial charge on any atom is -0.338 e. The lowest BCUT2D eigenvalue weighted by molar-refractivity contribution is -0.117. The molecule has 0 radical (unpaired) electrons. The zero-order valence-electron chi connectivity index (χ0n) is 8.12. The summed E-state index contributed by atoms with van der Waals surface area (Å²) in [6, 6.07) is 0. The number of Topliss-reactive ketones (excluding diaryl/α,β-unsaturated/α-hetero) is 1. The minimum absolute atomic E-state index is 0.171. The van der Waals surface area contributed by atoms with Crippen LogP contribution in [0.5, 0.6) is 0 Å². The summed E-state index contributed by atoms with van der Waals surface area (Å²) in [5.41, 5.74) is 1.71. The maximum absolute atomic E-state index is 11.5. The van der Waals surface area contributed by atoms with E-state index < -0.39 is 0 Å². The van der Waals surface area contributed by atoms with Crippen molar-refractivity contribution in [1.29, 1.82) is 0 Å². The summed E-state index contributed by atoms with van der Waals surface area (Å²) in [6.07, 6.45) is 1.69. The maximum atomic E-state index is 11.5. The monoisotopic (exact) mass is 253 g/mol. The van der Waals surface area contributed by atoms with Gasteiger partial charge in [0.2, 0.25) is 11.7 Å². The Morgan fingerprint density at radius 2 is 2.44 bits per heavy atom. The van der Waals surface area contributed by atoms with Crippen molar-refractivity contribution >= 4 is 28.9 Å². The van der Waals surface area contributed by atoms with Crippen LogP contribution >= 0.6 is 23.1 Å². The highest BCUT2D eigenvalue weighted by Gasteiger charge is 2.31. The van der Waals surface area contributed by atoms with Gasteiger partial charge in [0.1, 0.15) is 5.92 Å². The van der Waals surface area contributed by atoms with Crippen molar-refractivity contribution in [3.05, 3.63) is 17.6 Å². The topological polar surface area (TPSA) is 68.9 Å². The van der Waals surface area contributed by atoms with Crippen molar-refractivity contribution in [2.75, 3.05) is 11.5 Å². The average Bonchev–Trinajstić information content (AvgIpc) is 2.96. The van der Waals surface area contributed by atoms with E-state index in [9.17, 15) is 4.79 Å². The Labute approximate surface area is 99.3 Å². The third-order valence-corrected chi connectivity index (χ3v) is 4.14. The zero-order valence-corrected chi connectivity index (χ0v) is 9.75. The van der Waals surface area contributed by atoms with Crippen LogP contribution in [0.3, 0.4) is 0 Å². The fraction of sp³-hybridized carbons (Fsp3) is 0.333. The van der Waals surface area contributed by atoms with E-state index in [0.717, 1.165) is 10.6 Å². The summed E-state index contributed by atoms with van der Waals surface area (Å²) >= 11 is 3.05. The van der Waals surface area contributed by atoms with E-state index in [2.05, 4.69) is 15.1 Å². The Kier molecular flexibility index (Phi) is 2.49. The lowest BCUT2D eigenvalue weighted by Gasteiger charge is -1.97. The first-order valence-electron chi connectivity index (χ1n) is 4.67. The molecule has 0 amide bonds. The molecular formula is C9H7N3O2S2. The first-order chi connectivity index (χ1) is 7.84. The van der Waals surface area contributed by atoms with Crippen LogP contribution in [0.15, 0.2) is 16.2 Å². The molecule has 16 heavy (non-hydrogen) atoms. The Hall–Kier alpha value is -1.21. The number of nitrogens with zero attached hydrogens (tertiary/aromatic N) is 3. The van der Waals surface area contributed by atoms with Crippen LogP contribution in [0.4, 0.5) is 0 Å². The summed E-state index contributed by atoms with van der Waals surface area (Å²) < 4.78 is 5.13. The van der Waals surface area contributed by atoms with Gasteiger partial charge < -0.3 is 4.52 Å². The molecule has 3 rings (SSSR count). The Morgan fingerprint density at radius 1 is 1.50 bits per heavy atom. The molecule has 1 unspecified atom stereocenters. The van der Waals surface area contributed by atoms with E-state index in [1.54, 1.807) is 23.5 Å². The highest BCUT2D eigenvalue weighted by Crippen LogP contribution is 2.30. The molecule has 1 aliphatic heterocycles. The molecule has 5 nitrogen and oxygen atoms in total. The smallest absolute Gasteiger partial charge is 0.238 e. The molecule has 3 heterocycles. The van der Waals surface area contributed by atoms with Crippen LogP contribution in [0.1, 0.15) is 11.8 Å². The van der Waals surface area contributed by atoms with E-state index >= 15 is 0 Å². The van der Waals surface area contributed by atoms with Gasteiger partial charge in [-0.25, -0.2) is 0 Å². The molecule has 0 aliphatic carbocycles. The minimum atomic E-state index is -0.223. The molecule has 0 bridgehead atoms. The normalized spacial score (nSPS) is 20.5. The molecule has 2 aromatic rings. The first kappa shape index (κ1) is 9.98. The first-order valence-corrected chi connectivity index (χ1v) is 6.71. The van der Waals surface area contributed by atoms with Crippen LogP contribution in [0, 0.1) is 0 Å². The highest BCUT2D eigenvalue weighted by molar-refractivity contribution is 8.00. The van der Waals surface area contributed by atoms with Crippen LogP contribution < -0.4 is 0 Å². The van der Waals surface area contributed by atoms with Crippen molar-refractivity contribution in [1.82, 2.24) is 15.1 Å². The number of thiazole rings is 1. The van der Waals surface area contributed by atoms with Gasteiger partial charge in [0.05, 0.1) is 16.1 Å². The van der Waals surface area contributed by atoms with Crippen molar-refractivity contribution < 1.29 is 9.32 Å². The van der Waals surface area contributed by atoms with E-state index in [1.807, 2.05) is 0 Å². The molecule has 7 heteroatoms. The molecule has 0 aromatic carbocycles. The fourth-order valence-corrected chi connectivity index (χ4v) is 3.11. The summed E-state index contributed by atoms with van der Waals surface area (Å²) in [7, 11) is 0. The number of aromatic nitrogens is 3. The summed E-state index contributed by atoms with van der Waals surface area (Å²) in [6.45, 7) is 0. The third-order valence-electron chi connectivity index (χ3n) is 2.31. The molecule has 1 atom stereocenters. The van der Waals surface area contributed by atoms with Crippen LogP contribution in [-0.2, 0) is 4.79 Å². The number of hydrogen-bond donors (Lipinski definition) is 0. The van der Waals surface area contributed by atoms with Crippen LogP contribution in [0.2, 0.25) is 0 Å². The second-order valence-electron chi connectivity index (χ2n) is 3.36. The van der Waals surface area contributed by atoms with Crippen molar-refractivity contribution in [3.63, 3.8) is 0 Å². The van der Waals surface area contributed by atoms with E-state index in [-0.39, 0.29) is 11.7 Å². The number of thioether (sulfide) groups is 1. The fourth-order valence-electron chi connectivity index (χ4n) is 1.48. The predicted molar refractivity (Wildman–Crippen MR) is 60.5 cm³/mol. The van der Waals surface area contributed by atoms with Gasteiger partial charge >= 0.3 is 0 Å². The molecular weight excluding hydrogens is 246 g/mol. The van der Waals surface area contributed by atoms with Gasteiger partial charge in [-0.05, 0) is 0 Å². The van der Waals surface area contributed by atoms with Gasteiger partial charge in [0, 0.05) is 11.9 Å². The number of carbonyl (C=O) groups is 1. The van der Waals surface area contributed by atoms with Gasteiger partial charge in [-0.2, -0.15) is 16.7 Å². The number of ketones is 1. The SMILES string of the molecule is O=C1CSCC1c1nc(-c2cncs2)no1. The summed E-state index contributed by atoms with van der Waals surface area (Å²) in [5.74, 6) is 2.18. The zero-order chi connectivity index (χ0) is 11.0. The van der Waals surface area contributed by atoms with E-state index in [0.29, 0.717) is 17.5 Å². The lowest BCUT2D eigenvalue weighted by Crippen LogP contribution is -2.09. The number of carbonyl (C=O) groups excluding carboxylic acids is 1. The molecule has 0 spiro atoms. The van der Waals surface area contributed by atoms with Crippen molar-refractivity contribution in [3.8, 4) is 10.7 Å². The molecule has 0 N–H and O–H groups in total. The number of rotatable bonds is 2. The Balaban J connectivity index is 1.91. The van der Waals surface area contributed by atoms with Gasteiger partial charge in [-0.15, -0.1) is 11.3 Å². The lowest BCUT2D eigenvalue weighted by atomic mass is 10.1. The maximum Gasteiger partial charge on any atom is 0.238 e. The molecule has 1 saturated heterocycles. The third kappa shape index (κ3) is 1.65. The predicted octanol–water partition coefficient (Wildman–Crippen LogP) is 1.59. The van der Waals surface area contributed by atoms with Gasteiger partial charge in [0.15, 0.2) is 5.78 Å². The molecule has 0 saturated carbocycles. The quantitative estimate of drug-likeness (QED) is 0.809. The van der Waals surface area contributed by atoms with Crippen molar-refractivity contribution in [2.24, 2.45) is 0 Å². The van der Waals surface area contributed by atoms with Gasteiger partial charge in [0.25, 0.3) is 0 Å². The van der Waals surface area contributed by atoms with E-state index in [4.69, 9.17) is 4.52 Å². The largest absolute Gasteiger partial charge is 0.338 e. The average molecular weight is 253 g/mol. The molecule has 82 valence electrons. The van der Waals surface area contributed by atoms with Crippen molar-refractivity contribution in [2.45, 2.75) is 5.92 Å². The van der Waals surface area contributed by atoms with Gasteiger partial charge in [-0.3, -0.25) is 9.78 Å². The Morgan fingerprint density at radius 3 is 3.12 bits per heavy atom. The summed E-state index contributed by atoms with van der Waals surface area (Å²) in [4.78, 5) is 20.6. The number of hydrogen-bond acceptors (Lipinski definition) is 7. The summed E-state index contributed by atoms with van der Waals surface area (Å²) in [5, 5.41) is 3.86. The molecule has 1 fully saturated rings. The molecule has 2 aromatic heterocycles. The van der Waals surface area contributed by atoms with Crippen LogP contribution in [0.25, 0.3) is 10.7 Å². The van der Waals surface area contributed by atoms with E-state index in [1.165, 1.54) is 11.3 Å². The standard InChI is InChI=1S/C9H7N3O2S2/c13-6-3-15-2-5(6)9-11-8(12-14-9)7-1-10-4-16-7/h1,4-5H,2-3H2. The molecule has 1 aliphatic rings. The highest BCUT2D eigenvalue weighted by atomic mass is 32.2. The van der Waals surface area contributed by atoms with Gasteiger partial charge in [-0.1, -0.05) is 5.16 Å². The second-order valence-corrected chi connectivity index (χ2v) is 5.27. The van der Waals surface area contributed by atoms with Crippen LogP contribution in [-0.4, -0.2) is 32.4 Å².